The molecule has 1 saturated heterocycles. The Morgan fingerprint density at radius 2 is 0.955 bits per heavy atom. The maximum atomic E-state index is 12.2. The summed E-state index contributed by atoms with van der Waals surface area (Å²) in [4.78, 5) is 37.6. The normalized spacial score (nSPS) is 13.3. The number of nitrogens with two attached hydrogens (primary N) is 1. The van der Waals surface area contributed by atoms with E-state index < -0.39 is 48.8 Å². The van der Waals surface area contributed by atoms with Crippen LogP contribution in [-0.4, -0.2) is 161 Å². The minimum absolute atomic E-state index is 0.0614. The minimum Gasteiger partial charge on any atom is -0.399 e. The summed E-state index contributed by atoms with van der Waals surface area (Å²) in [5.74, 6) is 0.342. The Bertz CT molecular complexity index is 5860. The summed E-state index contributed by atoms with van der Waals surface area (Å²) in [6.07, 6.45) is 26.9. The molecule has 27 nitrogen and oxygen atoms in total. The highest BCUT2D eigenvalue weighted by Crippen LogP contribution is 2.38. The fraction of sp³-hybridized carbons (Fsp3) is 0.254. The summed E-state index contributed by atoms with van der Waals surface area (Å²) in [5.41, 5.74) is 20.1. The molecule has 14 rings (SSSR count). The van der Waals surface area contributed by atoms with Gasteiger partial charge in [0.25, 0.3) is 0 Å². The lowest BCUT2D eigenvalue weighted by molar-refractivity contribution is 0.00578. The van der Waals surface area contributed by atoms with Crippen LogP contribution in [0.2, 0.25) is 15.5 Å². The van der Waals surface area contributed by atoms with Gasteiger partial charge in [0, 0.05) is 162 Å². The number of sulfonamides is 1. The zero-order valence-corrected chi connectivity index (χ0v) is 75.2. The van der Waals surface area contributed by atoms with Gasteiger partial charge < -0.3 is 19.4 Å². The molecule has 13 aromatic rings. The summed E-state index contributed by atoms with van der Waals surface area (Å²) in [6.45, 7) is 17.9. The molecule has 39 heteroatoms. The first-order chi connectivity index (χ1) is 51.5. The third-order valence-corrected chi connectivity index (χ3v) is 26.9. The lowest BCUT2D eigenvalue weighted by Gasteiger charge is -2.32. The molecule has 0 spiro atoms. The second-order valence-electron chi connectivity index (χ2n) is 26.4. The average Bonchev–Trinajstić information content (AvgIpc) is 1.62. The number of halogens is 8. The number of rotatable bonds is 13. The second kappa shape index (κ2) is 36.1. The van der Waals surface area contributed by atoms with Crippen molar-refractivity contribution in [3.63, 3.8) is 0 Å². The number of nitrogens with one attached hydrogen (secondary N) is 2. The molecule has 14 heterocycles. The molecule has 580 valence electrons. The first-order valence-electron chi connectivity index (χ1n) is 32.8. The molecule has 0 saturated carbocycles. The van der Waals surface area contributed by atoms with Gasteiger partial charge in [-0.05, 0) is 237 Å². The molecule has 0 aromatic carbocycles. The number of aryl methyl sites for hydroxylation is 5. The van der Waals surface area contributed by atoms with Gasteiger partial charge in [-0.2, -0.15) is 25.4 Å². The van der Waals surface area contributed by atoms with Crippen molar-refractivity contribution in [3.05, 3.63) is 224 Å². The summed E-state index contributed by atoms with van der Waals surface area (Å²) in [6, 6.07) is 18.7. The monoisotopic (exact) mass is 1980 g/mol. The maximum absolute atomic E-state index is 12.2. The largest absolute Gasteiger partial charge is 0.496 e. The van der Waals surface area contributed by atoms with Crippen LogP contribution in [0.25, 0.3) is 56.2 Å². The van der Waals surface area contributed by atoms with E-state index in [4.69, 9.17) is 49.8 Å². The van der Waals surface area contributed by atoms with Crippen molar-refractivity contribution < 1.29 is 34.6 Å². The van der Waals surface area contributed by atoms with Crippen LogP contribution < -0.4 is 20.6 Å². The molecular formula is C71H76BBr4Cl3IN19O8S3. The summed E-state index contributed by atoms with van der Waals surface area (Å²) < 4.78 is 106. The zero-order valence-electron chi connectivity index (χ0n) is 62.0. The lowest BCUT2D eigenvalue weighted by Crippen LogP contribution is -2.41. The van der Waals surface area contributed by atoms with E-state index in [0.29, 0.717) is 28.0 Å². The summed E-state index contributed by atoms with van der Waals surface area (Å²) in [5, 5.41) is 0.294. The van der Waals surface area contributed by atoms with E-state index in [1.807, 2.05) is 135 Å². The van der Waals surface area contributed by atoms with Crippen molar-refractivity contribution in [2.75, 3.05) is 57.5 Å². The molecule has 1 fully saturated rings. The van der Waals surface area contributed by atoms with Crippen molar-refractivity contribution >= 4 is 204 Å². The molecule has 13 aromatic heterocycles. The molecule has 4 N–H and O–H groups in total. The Morgan fingerprint density at radius 3 is 1.45 bits per heavy atom. The molecule has 1 aliphatic rings. The Labute approximate surface area is 701 Å². The molecule has 0 aliphatic carbocycles. The van der Waals surface area contributed by atoms with Crippen LogP contribution in [-0.2, 0) is 45.5 Å². The minimum atomic E-state index is -3.72. The summed E-state index contributed by atoms with van der Waals surface area (Å²) in [7, 11) is -2.76. The van der Waals surface area contributed by atoms with E-state index in [9.17, 15) is 25.3 Å². The highest BCUT2D eigenvalue weighted by atomic mass is 127. The predicted molar refractivity (Wildman–Crippen MR) is 460 cm³/mol. The van der Waals surface area contributed by atoms with Crippen LogP contribution in [0.1, 0.15) is 61.1 Å². The first kappa shape index (κ1) is 87.1. The van der Waals surface area contributed by atoms with Crippen molar-refractivity contribution in [1.82, 2.24) is 75.4 Å². The summed E-state index contributed by atoms with van der Waals surface area (Å²) >= 11 is 34.2. The molecule has 1 aliphatic heterocycles. The number of fused-ring (bicyclic) bond motifs is 4. The Hall–Kier alpha value is -6.86. The molecular weight excluding hydrogens is 1910 g/mol. The Balaban J connectivity index is 0.000000159. The van der Waals surface area contributed by atoms with Crippen LogP contribution in [0.15, 0.2) is 172 Å². The topological polar surface area (TPSA) is 314 Å². The van der Waals surface area contributed by atoms with E-state index in [1.54, 1.807) is 74.0 Å². The van der Waals surface area contributed by atoms with E-state index in [-0.39, 0.29) is 32.6 Å². The van der Waals surface area contributed by atoms with Gasteiger partial charge in [0.15, 0.2) is 10.3 Å². The van der Waals surface area contributed by atoms with Crippen molar-refractivity contribution in [2.45, 2.75) is 79.3 Å². The number of anilines is 3. The maximum Gasteiger partial charge on any atom is 0.496 e. The van der Waals surface area contributed by atoms with Crippen molar-refractivity contribution in [1.29, 1.82) is 0 Å². The Morgan fingerprint density at radius 1 is 0.500 bits per heavy atom. The number of pyridine rings is 9. The van der Waals surface area contributed by atoms with Gasteiger partial charge >= 0.3 is 27.5 Å². The van der Waals surface area contributed by atoms with Gasteiger partial charge in [-0.15, -0.1) is 0 Å². The van der Waals surface area contributed by atoms with Gasteiger partial charge in [0.2, 0.25) is 10.0 Å². The van der Waals surface area contributed by atoms with E-state index in [1.165, 1.54) is 53.4 Å². The third-order valence-electron chi connectivity index (χ3n) is 17.2. The lowest BCUT2D eigenvalue weighted by atomic mass is 9.80. The van der Waals surface area contributed by atoms with E-state index >= 15 is 0 Å². The van der Waals surface area contributed by atoms with E-state index in [0.717, 1.165) is 96.3 Å². The van der Waals surface area contributed by atoms with Crippen LogP contribution >= 0.6 is 121 Å². The highest BCUT2D eigenvalue weighted by molar-refractivity contribution is 14.1. The molecule has 0 radical (unpaired) electrons. The standard InChI is InChI=1S/C20H19ClN6O2S.C15H15BrClN5O2S.C14H22BClN2O4S.C8H6BrIN2.C8H7BrN2.C6H7BrN2/c1-13-8-19-23-11-18(27(19)12-16(13)14-4-6-22-7-5-14)15-9-17(20(21)24-10-15)25-30(28,29)26(2)3;1-9-4-14-18-7-13(22(14)8-11(9)16)10-5-12(15(17)19-6-10)20-25(23,24)21(2)3;1-13(2)14(3,4)22-15(21-13)11-7-10(12(16)17-8-11)9-23(19,20)18(5)6;1-5-2-8-11-3-7(10)12(8)4-6(5)9;1-6-4-8-10-2-3-11(8)5-7(6)9;1-4-2-6(8)9-3-5(4)7/h4-12,25H,1-3H3;4-8,20H,1-3H3;7-8H,9H2,1-6H3;2-4H,1H3;2-5H,1H3;2-3H,1H3,(H2,8,9). The van der Waals surface area contributed by atoms with Crippen LogP contribution in [0.5, 0.6) is 0 Å². The van der Waals surface area contributed by atoms with Crippen LogP contribution in [0.3, 0.4) is 0 Å². The third kappa shape index (κ3) is 21.3. The molecule has 110 heavy (non-hydrogen) atoms. The fourth-order valence-electron chi connectivity index (χ4n) is 9.96. The number of aromatic nitrogens is 13. The second-order valence-corrected chi connectivity index (χ2v) is 37.9. The highest BCUT2D eigenvalue weighted by Gasteiger charge is 2.52. The van der Waals surface area contributed by atoms with Gasteiger partial charge in [0.1, 0.15) is 37.3 Å². The SMILES string of the molecule is CN(C)S(=O)(=O)Cc1cc(B2OC(C)(C)C(C)(C)O2)cnc1Cl.Cc1cc(N)ncc1Br.Cc1cc2ncc(-c3cnc(Cl)c(NS(=O)(=O)N(C)C)c3)n2cc1-c1ccncc1.Cc1cc2ncc(-c3cnc(Cl)c(NS(=O)(=O)N(C)C)c3)n2cc1Br.Cc1cc2ncc(I)n2cc1Br.Cc1cc2nccn2cc1Br. The fourth-order valence-corrected chi connectivity index (χ4v) is 14.4. The van der Waals surface area contributed by atoms with Gasteiger partial charge in [-0.1, -0.05) is 40.9 Å². The van der Waals surface area contributed by atoms with Gasteiger partial charge in [-0.3, -0.25) is 27.6 Å². The predicted octanol–water partition coefficient (Wildman–Crippen LogP) is 15.6. The number of hydrogen-bond acceptors (Lipinski definition) is 18. The zero-order chi connectivity index (χ0) is 80.9. The smallest absolute Gasteiger partial charge is 0.399 e. The molecule has 0 bridgehead atoms. The van der Waals surface area contributed by atoms with Gasteiger partial charge in [0.05, 0.1) is 58.3 Å². The molecule has 0 unspecified atom stereocenters. The molecule has 0 amide bonds. The van der Waals surface area contributed by atoms with Crippen molar-refractivity contribution in [3.8, 4) is 33.6 Å². The van der Waals surface area contributed by atoms with Gasteiger partial charge in [-0.25, -0.2) is 52.6 Å². The number of hydrogen-bond donors (Lipinski definition) is 3. The first-order valence-corrected chi connectivity index (χ1v) is 42.7. The number of nitrogens with zero attached hydrogens (tertiary/aromatic N) is 16. The number of nitrogen functional groups attached to an aromatic ring is 1. The van der Waals surface area contributed by atoms with Crippen LogP contribution in [0, 0.1) is 38.3 Å². The molecule has 0 atom stereocenters. The van der Waals surface area contributed by atoms with Crippen molar-refractivity contribution in [2.24, 2.45) is 0 Å². The van der Waals surface area contributed by atoms with Crippen LogP contribution in [0.4, 0.5) is 17.2 Å². The van der Waals surface area contributed by atoms with E-state index in [2.05, 4.69) is 165 Å². The quantitative estimate of drug-likeness (QED) is 0.0548. The number of imidazole rings is 4. The average molecular weight is 1980 g/mol. The Kier molecular flexibility index (Phi) is 28.6.